The summed E-state index contributed by atoms with van der Waals surface area (Å²) in [5.74, 6) is 0.736. The van der Waals surface area contributed by atoms with Crippen LogP contribution in [0.4, 0.5) is 10.8 Å². The van der Waals surface area contributed by atoms with Gasteiger partial charge in [-0.3, -0.25) is 14.9 Å². The number of nitrogens with one attached hydrogen (secondary N) is 1. The number of methoxy groups -OCH3 is 3. The monoisotopic (exact) mass is 482 g/mol. The molecule has 0 spiro atoms. The molecule has 2 heterocycles. The van der Waals surface area contributed by atoms with Gasteiger partial charge in [0.15, 0.2) is 11.5 Å². The standard InChI is InChI=1S/C24H26N4O5S/c1-5-14-6-8-17(9-7-14)28-13-16(12-20(28)29)23-26-27-24(34-23)25-22(30)15-10-18(31-2)21(33-4)19(11-15)32-3/h6-11,16H,5,12-13H2,1-4H3,(H,25,27,30). The third-order valence-corrected chi connectivity index (χ3v) is 6.72. The highest BCUT2D eigenvalue weighted by molar-refractivity contribution is 7.15. The summed E-state index contributed by atoms with van der Waals surface area (Å²) in [6, 6.07) is 11.2. The Labute approximate surface area is 201 Å². The third-order valence-electron chi connectivity index (χ3n) is 5.72. The average Bonchev–Trinajstić information content (AvgIpc) is 3.49. The van der Waals surface area contributed by atoms with E-state index in [-0.39, 0.29) is 17.7 Å². The molecule has 10 heteroatoms. The number of carbonyl (C=O) groups excluding carboxylic acids is 2. The van der Waals surface area contributed by atoms with Gasteiger partial charge in [0.2, 0.25) is 16.8 Å². The van der Waals surface area contributed by atoms with E-state index in [0.717, 1.165) is 12.1 Å². The van der Waals surface area contributed by atoms with E-state index < -0.39 is 0 Å². The first-order valence-corrected chi connectivity index (χ1v) is 11.6. The molecule has 2 aromatic carbocycles. The molecule has 9 nitrogen and oxygen atoms in total. The highest BCUT2D eigenvalue weighted by Crippen LogP contribution is 2.39. The number of hydrogen-bond acceptors (Lipinski definition) is 8. The quantitative estimate of drug-likeness (QED) is 0.519. The van der Waals surface area contributed by atoms with Gasteiger partial charge in [0.25, 0.3) is 5.91 Å². The van der Waals surface area contributed by atoms with Crippen molar-refractivity contribution in [3.63, 3.8) is 0 Å². The molecule has 3 aromatic rings. The van der Waals surface area contributed by atoms with Crippen molar-refractivity contribution < 1.29 is 23.8 Å². The van der Waals surface area contributed by atoms with E-state index in [1.807, 2.05) is 24.3 Å². The van der Waals surface area contributed by atoms with Gasteiger partial charge >= 0.3 is 0 Å². The Morgan fingerprint density at radius 3 is 2.35 bits per heavy atom. The van der Waals surface area contributed by atoms with Gasteiger partial charge in [0.05, 0.1) is 21.3 Å². The molecular weight excluding hydrogens is 456 g/mol. The number of carbonyl (C=O) groups is 2. The predicted octanol–water partition coefficient (Wildman–Crippen LogP) is 3.90. The Kier molecular flexibility index (Phi) is 6.97. The summed E-state index contributed by atoms with van der Waals surface area (Å²) in [4.78, 5) is 27.2. The van der Waals surface area contributed by atoms with E-state index in [1.165, 1.54) is 38.2 Å². The first-order chi connectivity index (χ1) is 16.5. The van der Waals surface area contributed by atoms with E-state index >= 15 is 0 Å². The van der Waals surface area contributed by atoms with Gasteiger partial charge in [0.1, 0.15) is 5.01 Å². The Morgan fingerprint density at radius 1 is 1.09 bits per heavy atom. The van der Waals surface area contributed by atoms with Crippen LogP contribution in [-0.4, -0.2) is 49.9 Å². The third kappa shape index (κ3) is 4.67. The molecule has 0 aliphatic carbocycles. The van der Waals surface area contributed by atoms with Crippen LogP contribution in [0, 0.1) is 0 Å². The highest BCUT2D eigenvalue weighted by Gasteiger charge is 2.34. The Morgan fingerprint density at radius 2 is 1.76 bits per heavy atom. The van der Waals surface area contributed by atoms with Crippen LogP contribution < -0.4 is 24.4 Å². The summed E-state index contributed by atoms with van der Waals surface area (Å²) in [5.41, 5.74) is 2.43. The van der Waals surface area contributed by atoms with Crippen molar-refractivity contribution in [2.75, 3.05) is 38.1 Å². The molecule has 178 valence electrons. The van der Waals surface area contributed by atoms with Crippen molar-refractivity contribution in [3.05, 3.63) is 52.5 Å². The second-order valence-corrected chi connectivity index (χ2v) is 8.75. The Balaban J connectivity index is 1.46. The van der Waals surface area contributed by atoms with E-state index in [2.05, 4.69) is 22.4 Å². The minimum Gasteiger partial charge on any atom is -0.493 e. The Bertz CT molecular complexity index is 1170. The maximum Gasteiger partial charge on any atom is 0.257 e. The van der Waals surface area contributed by atoms with Crippen LogP contribution >= 0.6 is 11.3 Å². The van der Waals surface area contributed by atoms with Gasteiger partial charge in [-0.2, -0.15) is 0 Å². The van der Waals surface area contributed by atoms with Gasteiger partial charge in [-0.15, -0.1) is 10.2 Å². The van der Waals surface area contributed by atoms with Crippen LogP contribution in [0.15, 0.2) is 36.4 Å². The van der Waals surface area contributed by atoms with Gasteiger partial charge < -0.3 is 19.1 Å². The number of amides is 2. The second kappa shape index (κ2) is 10.1. The number of aromatic nitrogens is 2. The molecule has 1 atom stereocenters. The zero-order chi connectivity index (χ0) is 24.2. The first-order valence-electron chi connectivity index (χ1n) is 10.8. The van der Waals surface area contributed by atoms with Crippen molar-refractivity contribution in [2.24, 2.45) is 0 Å². The molecule has 2 amide bonds. The minimum absolute atomic E-state index is 0.0486. The van der Waals surface area contributed by atoms with Gasteiger partial charge in [-0.25, -0.2) is 0 Å². The molecular formula is C24H26N4O5S. The normalized spacial score (nSPS) is 15.4. The molecule has 1 unspecified atom stereocenters. The van der Waals surface area contributed by atoms with Gasteiger partial charge in [-0.05, 0) is 36.2 Å². The summed E-state index contributed by atoms with van der Waals surface area (Å²) in [6.07, 6.45) is 1.30. The number of anilines is 2. The fraction of sp³-hybridized carbons (Fsp3) is 0.333. The molecule has 0 bridgehead atoms. The average molecular weight is 483 g/mol. The van der Waals surface area contributed by atoms with Crippen LogP contribution in [0.2, 0.25) is 0 Å². The molecule has 1 saturated heterocycles. The van der Waals surface area contributed by atoms with E-state index in [1.54, 1.807) is 17.0 Å². The fourth-order valence-corrected chi connectivity index (χ4v) is 4.70. The largest absolute Gasteiger partial charge is 0.493 e. The minimum atomic E-state index is -0.387. The topological polar surface area (TPSA) is 103 Å². The maximum absolute atomic E-state index is 12.8. The maximum atomic E-state index is 12.8. The Hall–Kier alpha value is -3.66. The molecule has 34 heavy (non-hydrogen) atoms. The lowest BCUT2D eigenvalue weighted by Gasteiger charge is -2.16. The van der Waals surface area contributed by atoms with Crippen LogP contribution in [0.25, 0.3) is 0 Å². The number of nitrogens with zero attached hydrogens (tertiary/aromatic N) is 3. The lowest BCUT2D eigenvalue weighted by molar-refractivity contribution is -0.117. The van der Waals surface area contributed by atoms with Crippen LogP contribution in [0.1, 0.15) is 40.2 Å². The second-order valence-electron chi connectivity index (χ2n) is 7.74. The van der Waals surface area contributed by atoms with Crippen molar-refractivity contribution in [1.82, 2.24) is 10.2 Å². The molecule has 1 aliphatic rings. The first kappa shape index (κ1) is 23.5. The van der Waals surface area contributed by atoms with E-state index in [0.29, 0.717) is 45.9 Å². The van der Waals surface area contributed by atoms with Gasteiger partial charge in [0, 0.05) is 30.1 Å². The van der Waals surface area contributed by atoms with Crippen molar-refractivity contribution in [3.8, 4) is 17.2 Å². The lowest BCUT2D eigenvalue weighted by Crippen LogP contribution is -2.24. The predicted molar refractivity (Wildman–Crippen MR) is 129 cm³/mol. The summed E-state index contributed by atoms with van der Waals surface area (Å²) in [6.45, 7) is 2.62. The fourth-order valence-electron chi connectivity index (χ4n) is 3.87. The molecule has 1 aromatic heterocycles. The SMILES string of the molecule is CCc1ccc(N2CC(c3nnc(NC(=O)c4cc(OC)c(OC)c(OC)c4)s3)CC2=O)cc1. The number of hydrogen-bond donors (Lipinski definition) is 1. The molecule has 0 radical (unpaired) electrons. The number of aryl methyl sites for hydroxylation is 1. The van der Waals surface area contributed by atoms with E-state index in [9.17, 15) is 9.59 Å². The molecule has 4 rings (SSSR count). The van der Waals surface area contributed by atoms with Crippen LogP contribution in [-0.2, 0) is 11.2 Å². The number of benzene rings is 2. The van der Waals surface area contributed by atoms with Crippen molar-refractivity contribution >= 4 is 34.0 Å². The summed E-state index contributed by atoms with van der Waals surface area (Å²) in [7, 11) is 4.47. The highest BCUT2D eigenvalue weighted by atomic mass is 32.1. The number of rotatable bonds is 8. The van der Waals surface area contributed by atoms with Crippen LogP contribution in [0.5, 0.6) is 17.2 Å². The smallest absolute Gasteiger partial charge is 0.257 e. The lowest BCUT2D eigenvalue weighted by atomic mass is 10.1. The van der Waals surface area contributed by atoms with Gasteiger partial charge in [-0.1, -0.05) is 30.4 Å². The zero-order valence-electron chi connectivity index (χ0n) is 19.5. The van der Waals surface area contributed by atoms with Crippen molar-refractivity contribution in [2.45, 2.75) is 25.7 Å². The molecule has 0 saturated carbocycles. The molecule has 1 N–H and O–H groups in total. The van der Waals surface area contributed by atoms with E-state index in [4.69, 9.17) is 14.2 Å². The zero-order valence-corrected chi connectivity index (χ0v) is 20.3. The summed E-state index contributed by atoms with van der Waals surface area (Å²) >= 11 is 1.27. The molecule has 1 fully saturated rings. The van der Waals surface area contributed by atoms with Crippen molar-refractivity contribution in [1.29, 1.82) is 0 Å². The number of ether oxygens (including phenoxy) is 3. The van der Waals surface area contributed by atoms with Crippen LogP contribution in [0.3, 0.4) is 0 Å². The molecule has 1 aliphatic heterocycles. The summed E-state index contributed by atoms with van der Waals surface area (Å²) < 4.78 is 15.9. The summed E-state index contributed by atoms with van der Waals surface area (Å²) in [5, 5.41) is 12.2.